The van der Waals surface area contributed by atoms with Gasteiger partial charge < -0.3 is 15.2 Å². The first-order valence-corrected chi connectivity index (χ1v) is 7.82. The molecule has 1 aromatic rings. The average molecular weight is 332 g/mol. The van der Waals surface area contributed by atoms with E-state index in [1.54, 1.807) is 25.1 Å². The van der Waals surface area contributed by atoms with Crippen LogP contribution in [-0.4, -0.2) is 29.3 Å². The van der Waals surface area contributed by atoms with Gasteiger partial charge in [-0.15, -0.1) is 0 Å². The summed E-state index contributed by atoms with van der Waals surface area (Å²) in [4.78, 5) is 12.1. The van der Waals surface area contributed by atoms with Crippen molar-refractivity contribution < 1.29 is 14.6 Å². The smallest absolute Gasteiger partial charge is 0.260 e. The minimum absolute atomic E-state index is 0.0989. The fourth-order valence-electron chi connectivity index (χ4n) is 2.36. The molecule has 116 valence electrons. The molecule has 21 heavy (non-hydrogen) atoms. The van der Waals surface area contributed by atoms with Gasteiger partial charge in [-0.3, -0.25) is 4.79 Å². The van der Waals surface area contributed by atoms with Crippen molar-refractivity contribution >= 4 is 29.1 Å². The van der Waals surface area contributed by atoms with Crippen LogP contribution in [0, 0.1) is 0 Å². The summed E-state index contributed by atoms with van der Waals surface area (Å²) < 4.78 is 5.57. The maximum absolute atomic E-state index is 12.1. The van der Waals surface area contributed by atoms with Crippen LogP contribution in [0.5, 0.6) is 5.75 Å². The van der Waals surface area contributed by atoms with E-state index in [4.69, 9.17) is 27.9 Å². The van der Waals surface area contributed by atoms with E-state index in [-0.39, 0.29) is 18.1 Å². The zero-order valence-electron chi connectivity index (χ0n) is 11.8. The number of carbonyl (C=O) groups is 1. The molecule has 1 atom stereocenters. The van der Waals surface area contributed by atoms with E-state index < -0.39 is 6.10 Å². The Morgan fingerprint density at radius 3 is 2.67 bits per heavy atom. The van der Waals surface area contributed by atoms with Gasteiger partial charge in [0.2, 0.25) is 0 Å². The van der Waals surface area contributed by atoms with E-state index in [9.17, 15) is 9.90 Å². The van der Waals surface area contributed by atoms with Crippen LogP contribution in [0.25, 0.3) is 0 Å². The molecule has 0 heterocycles. The second-order valence-corrected chi connectivity index (χ2v) is 6.11. The molecule has 6 heteroatoms. The normalized spacial score (nSPS) is 23.4. The summed E-state index contributed by atoms with van der Waals surface area (Å²) in [5.41, 5.74) is 0. The third kappa shape index (κ3) is 4.50. The highest BCUT2D eigenvalue weighted by atomic mass is 35.5. The number of rotatable bonds is 4. The first-order valence-electron chi connectivity index (χ1n) is 7.06. The topological polar surface area (TPSA) is 58.6 Å². The molecule has 0 radical (unpaired) electrons. The SMILES string of the molecule is CC(Oc1cccc(Cl)c1Cl)C(=O)NC1CCC(O)CC1. The van der Waals surface area contributed by atoms with Gasteiger partial charge in [-0.25, -0.2) is 0 Å². The highest BCUT2D eigenvalue weighted by Gasteiger charge is 2.24. The van der Waals surface area contributed by atoms with Crippen LogP contribution in [-0.2, 0) is 4.79 Å². The summed E-state index contributed by atoms with van der Waals surface area (Å²) >= 11 is 11.9. The molecule has 0 spiro atoms. The van der Waals surface area contributed by atoms with E-state index in [1.807, 2.05) is 0 Å². The third-order valence-corrected chi connectivity index (χ3v) is 4.43. The lowest BCUT2D eigenvalue weighted by molar-refractivity contribution is -0.128. The molecule has 0 aromatic heterocycles. The zero-order chi connectivity index (χ0) is 15.4. The Balaban J connectivity index is 1.89. The number of hydrogen-bond acceptors (Lipinski definition) is 3. The van der Waals surface area contributed by atoms with Crippen molar-refractivity contribution in [3.05, 3.63) is 28.2 Å². The van der Waals surface area contributed by atoms with Crippen molar-refractivity contribution in [1.82, 2.24) is 5.32 Å². The van der Waals surface area contributed by atoms with Crippen molar-refractivity contribution in [3.63, 3.8) is 0 Å². The molecule has 1 saturated carbocycles. The Bertz CT molecular complexity index is 502. The van der Waals surface area contributed by atoms with Crippen LogP contribution < -0.4 is 10.1 Å². The first-order chi connectivity index (χ1) is 9.97. The van der Waals surface area contributed by atoms with Crippen LogP contribution in [0.1, 0.15) is 32.6 Å². The Hall–Kier alpha value is -0.970. The number of halogens is 2. The van der Waals surface area contributed by atoms with E-state index in [0.29, 0.717) is 15.8 Å². The van der Waals surface area contributed by atoms with Crippen molar-refractivity contribution in [1.29, 1.82) is 0 Å². The van der Waals surface area contributed by atoms with E-state index in [0.717, 1.165) is 25.7 Å². The molecule has 1 unspecified atom stereocenters. The van der Waals surface area contributed by atoms with Crippen LogP contribution in [0.2, 0.25) is 10.0 Å². The summed E-state index contributed by atoms with van der Waals surface area (Å²) in [6.45, 7) is 1.67. The molecular weight excluding hydrogens is 313 g/mol. The largest absolute Gasteiger partial charge is 0.479 e. The molecule has 1 amide bonds. The lowest BCUT2D eigenvalue weighted by Crippen LogP contribution is -2.44. The maximum Gasteiger partial charge on any atom is 0.260 e. The molecule has 1 aromatic carbocycles. The molecule has 2 N–H and O–H groups in total. The Labute approximate surface area is 134 Å². The minimum atomic E-state index is -0.659. The minimum Gasteiger partial charge on any atom is -0.479 e. The number of nitrogens with one attached hydrogen (secondary N) is 1. The van der Waals surface area contributed by atoms with Crippen LogP contribution >= 0.6 is 23.2 Å². The van der Waals surface area contributed by atoms with Gasteiger partial charge in [0.05, 0.1) is 11.1 Å². The predicted molar refractivity (Wildman–Crippen MR) is 83.0 cm³/mol. The van der Waals surface area contributed by atoms with Gasteiger partial charge >= 0.3 is 0 Å². The van der Waals surface area contributed by atoms with Crippen molar-refractivity contribution in [3.8, 4) is 5.75 Å². The summed E-state index contributed by atoms with van der Waals surface area (Å²) in [5.74, 6) is 0.207. The quantitative estimate of drug-likeness (QED) is 0.890. The van der Waals surface area contributed by atoms with Gasteiger partial charge in [0.25, 0.3) is 5.91 Å². The average Bonchev–Trinajstić information content (AvgIpc) is 2.46. The number of ether oxygens (including phenoxy) is 1. The van der Waals surface area contributed by atoms with Gasteiger partial charge in [-0.1, -0.05) is 29.3 Å². The molecule has 2 rings (SSSR count). The van der Waals surface area contributed by atoms with E-state index >= 15 is 0 Å². The number of benzene rings is 1. The molecule has 0 aliphatic heterocycles. The van der Waals surface area contributed by atoms with Crippen LogP contribution in [0.15, 0.2) is 18.2 Å². The number of aliphatic hydroxyl groups excluding tert-OH is 1. The lowest BCUT2D eigenvalue weighted by Gasteiger charge is -2.27. The molecule has 4 nitrogen and oxygen atoms in total. The predicted octanol–water partition coefficient (Wildman–Crippen LogP) is 3.18. The van der Waals surface area contributed by atoms with Crippen molar-refractivity contribution in [2.75, 3.05) is 0 Å². The number of hydrogen-bond donors (Lipinski definition) is 2. The Morgan fingerprint density at radius 1 is 1.33 bits per heavy atom. The van der Waals surface area contributed by atoms with E-state index in [1.165, 1.54) is 0 Å². The molecule has 0 saturated heterocycles. The first kappa shape index (κ1) is 16.4. The molecule has 0 bridgehead atoms. The van der Waals surface area contributed by atoms with Gasteiger partial charge in [0.1, 0.15) is 10.8 Å². The molecule has 1 fully saturated rings. The highest BCUT2D eigenvalue weighted by Crippen LogP contribution is 2.32. The summed E-state index contributed by atoms with van der Waals surface area (Å²) in [7, 11) is 0. The second kappa shape index (κ2) is 7.34. The van der Waals surface area contributed by atoms with Gasteiger partial charge in [-0.2, -0.15) is 0 Å². The molecule has 1 aliphatic rings. The monoisotopic (exact) mass is 331 g/mol. The van der Waals surface area contributed by atoms with Crippen LogP contribution in [0.4, 0.5) is 0 Å². The number of amides is 1. The summed E-state index contributed by atoms with van der Waals surface area (Å²) in [6.07, 6.45) is 2.13. The van der Waals surface area contributed by atoms with E-state index in [2.05, 4.69) is 5.32 Å². The Kier molecular flexibility index (Phi) is 5.73. The highest BCUT2D eigenvalue weighted by molar-refractivity contribution is 6.42. The lowest BCUT2D eigenvalue weighted by atomic mass is 9.93. The standard InChI is InChI=1S/C15H19Cl2NO3/c1-9(21-13-4-2-3-12(16)14(13)17)15(20)18-10-5-7-11(19)8-6-10/h2-4,9-11,19H,5-8H2,1H3,(H,18,20). The van der Waals surface area contributed by atoms with Gasteiger partial charge in [0.15, 0.2) is 6.10 Å². The Morgan fingerprint density at radius 2 is 2.00 bits per heavy atom. The fraction of sp³-hybridized carbons (Fsp3) is 0.533. The fourth-order valence-corrected chi connectivity index (χ4v) is 2.69. The molecule has 1 aliphatic carbocycles. The van der Waals surface area contributed by atoms with Crippen molar-refractivity contribution in [2.45, 2.75) is 50.9 Å². The zero-order valence-corrected chi connectivity index (χ0v) is 13.3. The number of aliphatic hydroxyl groups is 1. The summed E-state index contributed by atoms with van der Waals surface area (Å²) in [5, 5.41) is 13.1. The second-order valence-electron chi connectivity index (χ2n) is 5.33. The van der Waals surface area contributed by atoms with Crippen molar-refractivity contribution in [2.24, 2.45) is 0 Å². The van der Waals surface area contributed by atoms with Gasteiger partial charge in [-0.05, 0) is 44.7 Å². The van der Waals surface area contributed by atoms with Gasteiger partial charge in [0, 0.05) is 6.04 Å². The maximum atomic E-state index is 12.1. The third-order valence-electron chi connectivity index (χ3n) is 3.63. The van der Waals surface area contributed by atoms with Crippen LogP contribution in [0.3, 0.4) is 0 Å². The molecular formula is C15H19Cl2NO3. The number of carbonyl (C=O) groups excluding carboxylic acids is 1. The summed E-state index contributed by atoms with van der Waals surface area (Å²) in [6, 6.07) is 5.15.